The second kappa shape index (κ2) is 14.7. The summed E-state index contributed by atoms with van der Waals surface area (Å²) in [5, 5.41) is 18.3. The van der Waals surface area contributed by atoms with Crippen molar-refractivity contribution in [3.05, 3.63) is 11.6 Å². The molecule has 0 aromatic rings. The van der Waals surface area contributed by atoms with E-state index in [9.17, 15) is 9.90 Å². The smallest absolute Gasteiger partial charge is 0.450 e. The molecular formula is C35H62O4. The molecule has 39 heavy (non-hydrogen) atoms. The van der Waals surface area contributed by atoms with Crippen molar-refractivity contribution in [2.75, 3.05) is 6.61 Å². The summed E-state index contributed by atoms with van der Waals surface area (Å²) in [6.45, 7) is 15.1. The van der Waals surface area contributed by atoms with Gasteiger partial charge in [0, 0.05) is 0 Å². The Hall–Kier alpha value is -1.03. The summed E-state index contributed by atoms with van der Waals surface area (Å²) in [5.74, 6) is 5.46. The van der Waals surface area contributed by atoms with E-state index in [4.69, 9.17) is 5.11 Å². The molecule has 0 amide bonds. The lowest BCUT2D eigenvalue weighted by Gasteiger charge is -2.58. The Kier molecular flexibility index (Phi) is 12.3. The van der Waals surface area contributed by atoms with Gasteiger partial charge in [-0.05, 0) is 104 Å². The van der Waals surface area contributed by atoms with Gasteiger partial charge in [0.2, 0.25) is 0 Å². The Labute approximate surface area is 240 Å². The van der Waals surface area contributed by atoms with Gasteiger partial charge in [0.05, 0.1) is 12.7 Å². The van der Waals surface area contributed by atoms with Gasteiger partial charge in [-0.2, -0.15) is 0 Å². The minimum absolute atomic E-state index is 0.0766. The molecule has 0 unspecified atom stereocenters. The van der Waals surface area contributed by atoms with Crippen molar-refractivity contribution in [2.45, 2.75) is 150 Å². The lowest BCUT2D eigenvalue weighted by atomic mass is 9.47. The van der Waals surface area contributed by atoms with Crippen LogP contribution in [0.2, 0.25) is 0 Å². The third-order valence-electron chi connectivity index (χ3n) is 11.8. The number of hydrogen-bond donors (Lipinski definition) is 2. The van der Waals surface area contributed by atoms with E-state index in [2.05, 4.69) is 52.4 Å². The molecule has 4 aliphatic rings. The third kappa shape index (κ3) is 8.04. The summed E-state index contributed by atoms with van der Waals surface area (Å²) in [7, 11) is 0. The number of carboxylic acid groups (broad SMARTS) is 1. The molecule has 226 valence electrons. The Morgan fingerprint density at radius 2 is 1.72 bits per heavy atom. The highest BCUT2D eigenvalue weighted by atomic mass is 16.7. The molecule has 0 saturated heterocycles. The van der Waals surface area contributed by atoms with Crippen molar-refractivity contribution in [3.63, 3.8) is 0 Å². The van der Waals surface area contributed by atoms with Gasteiger partial charge >= 0.3 is 6.16 Å². The SMILES string of the molecule is CC(C)CCC[C@@H](C)[C@H]1CC[C@H]2[C@@H]3CC=C4C[C@@H](O)CC[C@]4(C)[C@H]3CC[C@]12C.CCCCCCCOC(=O)O. The summed E-state index contributed by atoms with van der Waals surface area (Å²) in [6, 6.07) is 0. The molecule has 4 rings (SSSR count). The lowest BCUT2D eigenvalue weighted by molar-refractivity contribution is -0.0573. The van der Waals surface area contributed by atoms with Crippen molar-refractivity contribution in [1.29, 1.82) is 0 Å². The maximum absolute atomic E-state index is 10.2. The molecule has 0 heterocycles. The number of ether oxygens (including phenoxy) is 1. The molecule has 8 atom stereocenters. The van der Waals surface area contributed by atoms with Crippen molar-refractivity contribution in [2.24, 2.45) is 46.3 Å². The largest absolute Gasteiger partial charge is 0.505 e. The fourth-order valence-corrected chi connectivity index (χ4v) is 9.53. The fourth-order valence-electron chi connectivity index (χ4n) is 9.53. The van der Waals surface area contributed by atoms with E-state index in [-0.39, 0.29) is 6.10 Å². The zero-order chi connectivity index (χ0) is 28.6. The quantitative estimate of drug-likeness (QED) is 0.154. The van der Waals surface area contributed by atoms with Crippen LogP contribution in [0.15, 0.2) is 11.6 Å². The van der Waals surface area contributed by atoms with Crippen molar-refractivity contribution in [1.82, 2.24) is 0 Å². The van der Waals surface area contributed by atoms with E-state index in [1.807, 2.05) is 0 Å². The molecule has 2 N–H and O–H groups in total. The molecule has 4 heteroatoms. The number of rotatable bonds is 11. The van der Waals surface area contributed by atoms with E-state index in [1.165, 1.54) is 77.0 Å². The molecule has 3 fully saturated rings. The number of aliphatic hydroxyl groups excluding tert-OH is 1. The van der Waals surface area contributed by atoms with Crippen molar-refractivity contribution >= 4 is 6.16 Å². The predicted molar refractivity (Wildman–Crippen MR) is 162 cm³/mol. The van der Waals surface area contributed by atoms with Gasteiger partial charge in [-0.15, -0.1) is 0 Å². The zero-order valence-electron chi connectivity index (χ0n) is 26.4. The summed E-state index contributed by atoms with van der Waals surface area (Å²) >= 11 is 0. The van der Waals surface area contributed by atoms with Crippen LogP contribution >= 0.6 is 0 Å². The normalized spacial score (nSPS) is 36.1. The standard InChI is InChI=1S/C27H46O.C8H16O3/c1-18(2)7-6-8-19(3)23-11-12-24-22-10-9-20-17-21(28)13-15-26(20,4)25(22)14-16-27(23,24)5;1-2-3-4-5-6-7-11-8(9)10/h9,18-19,21-25,28H,6-8,10-17H2,1-5H3;2-7H2,1H3,(H,9,10)/t19-,21+,22+,23-,24+,25+,26+,27-;/m1./s1. The molecule has 0 aliphatic heterocycles. The van der Waals surface area contributed by atoms with Crippen LogP contribution in [-0.4, -0.2) is 29.1 Å². The Balaban J connectivity index is 0.000000325. The maximum atomic E-state index is 10.2. The highest BCUT2D eigenvalue weighted by Gasteiger charge is 2.59. The molecule has 0 bridgehead atoms. The number of fused-ring (bicyclic) bond motifs is 5. The van der Waals surface area contributed by atoms with Gasteiger partial charge in [0.1, 0.15) is 0 Å². The second-order valence-corrected chi connectivity index (χ2v) is 14.7. The van der Waals surface area contributed by atoms with E-state index < -0.39 is 6.16 Å². The molecule has 0 radical (unpaired) electrons. The monoisotopic (exact) mass is 546 g/mol. The average molecular weight is 547 g/mol. The zero-order valence-corrected chi connectivity index (χ0v) is 26.4. The van der Waals surface area contributed by atoms with E-state index in [1.54, 1.807) is 5.57 Å². The highest BCUT2D eigenvalue weighted by molar-refractivity contribution is 5.56. The first-order valence-corrected chi connectivity index (χ1v) is 16.8. The Morgan fingerprint density at radius 1 is 0.974 bits per heavy atom. The molecule has 0 spiro atoms. The lowest BCUT2D eigenvalue weighted by Crippen LogP contribution is -2.50. The number of aliphatic hydroxyl groups is 1. The maximum Gasteiger partial charge on any atom is 0.505 e. The molecule has 4 aliphatic carbocycles. The first-order valence-electron chi connectivity index (χ1n) is 16.8. The minimum atomic E-state index is -1.17. The van der Waals surface area contributed by atoms with Crippen LogP contribution in [0.1, 0.15) is 144 Å². The first-order chi connectivity index (χ1) is 18.5. The third-order valence-corrected chi connectivity index (χ3v) is 11.8. The van der Waals surface area contributed by atoms with Gasteiger partial charge in [0.25, 0.3) is 0 Å². The van der Waals surface area contributed by atoms with Crippen LogP contribution in [0.5, 0.6) is 0 Å². The molecule has 0 aromatic heterocycles. The minimum Gasteiger partial charge on any atom is -0.450 e. The summed E-state index contributed by atoms with van der Waals surface area (Å²) in [6.07, 6.45) is 21.5. The van der Waals surface area contributed by atoms with Gasteiger partial charge in [0.15, 0.2) is 0 Å². The molecule has 4 nitrogen and oxygen atoms in total. The molecular weight excluding hydrogens is 484 g/mol. The summed E-state index contributed by atoms with van der Waals surface area (Å²) in [4.78, 5) is 9.87. The van der Waals surface area contributed by atoms with Crippen LogP contribution in [0.3, 0.4) is 0 Å². The first kappa shape index (κ1) is 32.5. The van der Waals surface area contributed by atoms with Crippen LogP contribution < -0.4 is 0 Å². The van der Waals surface area contributed by atoms with Crippen LogP contribution in [-0.2, 0) is 4.74 Å². The fraction of sp³-hybridized carbons (Fsp3) is 0.914. The van der Waals surface area contributed by atoms with E-state index >= 15 is 0 Å². The predicted octanol–water partition coefficient (Wildman–Crippen LogP) is 10.0. The number of carbonyl (C=O) groups is 1. The molecule has 3 saturated carbocycles. The Bertz CT molecular complexity index is 790. The highest BCUT2D eigenvalue weighted by Crippen LogP contribution is 2.67. The topological polar surface area (TPSA) is 66.8 Å². The van der Waals surface area contributed by atoms with E-state index in [0.29, 0.717) is 17.4 Å². The summed E-state index contributed by atoms with van der Waals surface area (Å²) in [5.41, 5.74) is 2.60. The van der Waals surface area contributed by atoms with Gasteiger partial charge in [-0.1, -0.05) is 98.1 Å². The molecule has 0 aromatic carbocycles. The van der Waals surface area contributed by atoms with Crippen LogP contribution in [0, 0.1) is 46.3 Å². The van der Waals surface area contributed by atoms with Crippen LogP contribution in [0.25, 0.3) is 0 Å². The average Bonchev–Trinajstić information content (AvgIpc) is 3.24. The Morgan fingerprint density at radius 3 is 2.41 bits per heavy atom. The second-order valence-electron chi connectivity index (χ2n) is 14.7. The number of hydrogen-bond acceptors (Lipinski definition) is 3. The van der Waals surface area contributed by atoms with Crippen molar-refractivity contribution < 1.29 is 19.7 Å². The van der Waals surface area contributed by atoms with E-state index in [0.717, 1.165) is 61.2 Å². The van der Waals surface area contributed by atoms with Gasteiger partial charge in [-0.3, -0.25) is 0 Å². The van der Waals surface area contributed by atoms with Gasteiger partial charge < -0.3 is 14.9 Å². The number of allylic oxidation sites excluding steroid dienone is 1. The number of unbranched alkanes of at least 4 members (excludes halogenated alkanes) is 4. The van der Waals surface area contributed by atoms with Crippen molar-refractivity contribution in [3.8, 4) is 0 Å². The summed E-state index contributed by atoms with van der Waals surface area (Å²) < 4.78 is 4.34. The van der Waals surface area contributed by atoms with Gasteiger partial charge in [-0.25, -0.2) is 4.79 Å². The van der Waals surface area contributed by atoms with Crippen LogP contribution in [0.4, 0.5) is 4.79 Å².